The van der Waals surface area contributed by atoms with E-state index in [0.29, 0.717) is 13.0 Å². The van der Waals surface area contributed by atoms with Crippen LogP contribution in [0.15, 0.2) is 24.3 Å². The lowest BCUT2D eigenvalue weighted by Crippen LogP contribution is -2.60. The molecule has 1 heterocycles. The Morgan fingerprint density at radius 1 is 0.725 bits per heavy atom. The molecule has 6 atom stereocenters. The highest BCUT2D eigenvalue weighted by atomic mass is 32.3. The molecule has 1 rings (SSSR count). The number of hydrogen-bond acceptors (Lipinski definition) is 11. The summed E-state index contributed by atoms with van der Waals surface area (Å²) in [5.74, 6) is -0.414. The van der Waals surface area contributed by atoms with Crippen LogP contribution in [-0.4, -0.2) is 97.5 Å². The molecule has 300 valence electrons. The molecule has 51 heavy (non-hydrogen) atoms. The van der Waals surface area contributed by atoms with Crippen LogP contribution < -0.4 is 0 Å². The highest BCUT2D eigenvalue weighted by Gasteiger charge is 2.48. The van der Waals surface area contributed by atoms with Gasteiger partial charge in [-0.05, 0) is 57.8 Å². The van der Waals surface area contributed by atoms with Crippen LogP contribution in [0.3, 0.4) is 0 Å². The number of carbonyl (C=O) groups is 1. The lowest BCUT2D eigenvalue weighted by molar-refractivity contribution is -0.301. The predicted octanol–water partition coefficient (Wildman–Crippen LogP) is 6.90. The molecule has 0 aromatic heterocycles. The zero-order chi connectivity index (χ0) is 37.6. The lowest BCUT2D eigenvalue weighted by atomic mass is 9.99. The van der Waals surface area contributed by atoms with Gasteiger partial charge >= 0.3 is 16.4 Å². The second kappa shape index (κ2) is 31.0. The minimum atomic E-state index is -5.06. The number of unbranched alkanes of at least 4 members (excludes halogenated alkanes) is 16. The van der Waals surface area contributed by atoms with Crippen molar-refractivity contribution in [2.45, 2.75) is 185 Å². The second-order valence-corrected chi connectivity index (χ2v) is 14.6. The van der Waals surface area contributed by atoms with E-state index in [9.17, 15) is 28.5 Å². The van der Waals surface area contributed by atoms with E-state index < -0.39 is 59.8 Å². The van der Waals surface area contributed by atoms with Crippen molar-refractivity contribution in [1.29, 1.82) is 0 Å². The van der Waals surface area contributed by atoms with Crippen LogP contribution in [0.4, 0.5) is 0 Å². The van der Waals surface area contributed by atoms with E-state index in [1.54, 1.807) is 0 Å². The SMILES string of the molecule is CCCC/C=C\CCCCCCCC(=O)OC(COCCCCCCCC/C=C\CCCCC)COC1OC(CO)C(O)C(OS(=O)(=O)O)C1O. The van der Waals surface area contributed by atoms with Gasteiger partial charge in [-0.25, -0.2) is 4.18 Å². The number of rotatable bonds is 33. The molecule has 1 aliphatic heterocycles. The van der Waals surface area contributed by atoms with Crippen LogP contribution in [0.2, 0.25) is 0 Å². The average Bonchev–Trinajstić information content (AvgIpc) is 3.09. The molecule has 1 saturated heterocycles. The average molecular weight is 751 g/mol. The largest absolute Gasteiger partial charge is 0.457 e. The molecule has 0 bridgehead atoms. The van der Waals surface area contributed by atoms with Gasteiger partial charge in [0, 0.05) is 13.0 Å². The molecule has 1 aliphatic rings. The number of aliphatic hydroxyl groups is 3. The predicted molar refractivity (Wildman–Crippen MR) is 197 cm³/mol. The first kappa shape index (κ1) is 47.6. The van der Waals surface area contributed by atoms with Gasteiger partial charge < -0.3 is 34.3 Å². The Morgan fingerprint density at radius 3 is 1.82 bits per heavy atom. The third-order valence-electron chi connectivity index (χ3n) is 8.80. The normalized spacial score (nSPS) is 21.9. The second-order valence-electron chi connectivity index (χ2n) is 13.5. The molecule has 13 heteroatoms. The Balaban J connectivity index is 2.52. The Bertz CT molecular complexity index is 1000. The monoisotopic (exact) mass is 750 g/mol. The van der Waals surface area contributed by atoms with E-state index in [4.69, 9.17) is 23.5 Å². The van der Waals surface area contributed by atoms with E-state index in [1.807, 2.05) is 0 Å². The van der Waals surface area contributed by atoms with Gasteiger partial charge in [0.05, 0.1) is 19.8 Å². The zero-order valence-electron chi connectivity index (χ0n) is 31.4. The summed E-state index contributed by atoms with van der Waals surface area (Å²) in [4.78, 5) is 12.7. The summed E-state index contributed by atoms with van der Waals surface area (Å²) < 4.78 is 58.7. The molecule has 0 aliphatic carbocycles. The molecule has 1 fully saturated rings. The highest BCUT2D eigenvalue weighted by Crippen LogP contribution is 2.26. The van der Waals surface area contributed by atoms with E-state index in [-0.39, 0.29) is 19.6 Å². The summed E-state index contributed by atoms with van der Waals surface area (Å²) in [5, 5.41) is 30.5. The van der Waals surface area contributed by atoms with Crippen LogP contribution in [0.25, 0.3) is 0 Å². The van der Waals surface area contributed by atoms with Gasteiger partial charge in [-0.3, -0.25) is 9.35 Å². The minimum absolute atomic E-state index is 0.0297. The van der Waals surface area contributed by atoms with E-state index >= 15 is 0 Å². The zero-order valence-corrected chi connectivity index (χ0v) is 32.2. The van der Waals surface area contributed by atoms with Crippen LogP contribution in [0.1, 0.15) is 149 Å². The van der Waals surface area contributed by atoms with E-state index in [1.165, 1.54) is 57.8 Å². The fourth-order valence-corrected chi connectivity index (χ4v) is 6.27. The summed E-state index contributed by atoms with van der Waals surface area (Å²) in [6, 6.07) is 0. The van der Waals surface area contributed by atoms with Gasteiger partial charge in [0.15, 0.2) is 6.29 Å². The molecular weight excluding hydrogens is 680 g/mol. The number of aliphatic hydroxyl groups excluding tert-OH is 3. The van der Waals surface area contributed by atoms with Gasteiger partial charge in [0.25, 0.3) is 0 Å². The van der Waals surface area contributed by atoms with Crippen molar-refractivity contribution in [3.05, 3.63) is 24.3 Å². The molecule has 0 radical (unpaired) electrons. The molecular formula is C38H70O12S. The maximum absolute atomic E-state index is 12.7. The first-order valence-corrected chi connectivity index (χ1v) is 21.0. The third kappa shape index (κ3) is 25.3. The Labute approximate surface area is 308 Å². The van der Waals surface area contributed by atoms with Crippen LogP contribution in [0, 0.1) is 0 Å². The molecule has 0 amide bonds. The van der Waals surface area contributed by atoms with Crippen molar-refractivity contribution in [2.24, 2.45) is 0 Å². The van der Waals surface area contributed by atoms with Crippen LogP contribution in [-0.2, 0) is 38.3 Å². The molecule has 12 nitrogen and oxygen atoms in total. The summed E-state index contributed by atoms with van der Waals surface area (Å²) in [5.41, 5.74) is 0. The van der Waals surface area contributed by atoms with Crippen LogP contribution in [0.5, 0.6) is 0 Å². The first-order valence-electron chi connectivity index (χ1n) is 19.6. The molecule has 4 N–H and O–H groups in total. The Morgan fingerprint density at radius 2 is 1.25 bits per heavy atom. The summed E-state index contributed by atoms with van der Waals surface area (Å²) in [6.45, 7) is 3.88. The number of ether oxygens (including phenoxy) is 4. The van der Waals surface area contributed by atoms with Crippen molar-refractivity contribution < 1.29 is 56.2 Å². The molecule has 6 unspecified atom stereocenters. The first-order chi connectivity index (χ1) is 24.6. The third-order valence-corrected chi connectivity index (χ3v) is 9.26. The molecule has 0 saturated carbocycles. The number of carbonyl (C=O) groups excluding carboxylic acids is 1. The minimum Gasteiger partial charge on any atom is -0.457 e. The van der Waals surface area contributed by atoms with Gasteiger partial charge in [0.1, 0.15) is 30.5 Å². The molecule has 0 spiro atoms. The van der Waals surface area contributed by atoms with Gasteiger partial charge in [-0.2, -0.15) is 8.42 Å². The maximum Gasteiger partial charge on any atom is 0.397 e. The quantitative estimate of drug-likeness (QED) is 0.0236. The Hall–Kier alpha value is -1.42. The van der Waals surface area contributed by atoms with Crippen molar-refractivity contribution in [2.75, 3.05) is 26.4 Å². The van der Waals surface area contributed by atoms with Crippen molar-refractivity contribution in [3.63, 3.8) is 0 Å². The fourth-order valence-electron chi connectivity index (χ4n) is 5.76. The Kier molecular flexibility index (Phi) is 28.9. The maximum atomic E-state index is 12.7. The number of hydrogen-bond donors (Lipinski definition) is 4. The molecule has 0 aromatic rings. The highest BCUT2D eigenvalue weighted by molar-refractivity contribution is 7.80. The topological polar surface area (TPSA) is 178 Å². The van der Waals surface area contributed by atoms with Crippen molar-refractivity contribution in [3.8, 4) is 0 Å². The number of allylic oxidation sites excluding steroid dienone is 4. The van der Waals surface area contributed by atoms with Crippen molar-refractivity contribution >= 4 is 16.4 Å². The number of esters is 1. The van der Waals surface area contributed by atoms with Crippen molar-refractivity contribution in [1.82, 2.24) is 0 Å². The lowest BCUT2D eigenvalue weighted by Gasteiger charge is -2.41. The molecule has 0 aromatic carbocycles. The summed E-state index contributed by atoms with van der Waals surface area (Å²) in [6.07, 6.45) is 22.2. The fraction of sp³-hybridized carbons (Fsp3) is 0.868. The van der Waals surface area contributed by atoms with E-state index in [2.05, 4.69) is 42.3 Å². The van der Waals surface area contributed by atoms with Gasteiger partial charge in [-0.15, -0.1) is 0 Å². The smallest absolute Gasteiger partial charge is 0.397 e. The van der Waals surface area contributed by atoms with Gasteiger partial charge in [0.2, 0.25) is 0 Å². The van der Waals surface area contributed by atoms with Gasteiger partial charge in [-0.1, -0.05) is 109 Å². The summed E-state index contributed by atoms with van der Waals surface area (Å²) in [7, 11) is -5.06. The summed E-state index contributed by atoms with van der Waals surface area (Å²) >= 11 is 0. The van der Waals surface area contributed by atoms with Crippen LogP contribution >= 0.6 is 0 Å². The van der Waals surface area contributed by atoms with E-state index in [0.717, 1.165) is 64.2 Å². The standard InChI is InChI=1S/C38H70O12S/c1-3-5-7-9-11-13-15-16-18-20-22-24-26-28-46-30-32(48-34(40)27-25-23-21-19-17-14-12-10-8-6-4-2)31-47-38-36(42)37(50-51(43,44)45)35(41)33(29-39)49-38/h10-13,32-33,35-39,41-42H,3-9,14-31H2,1-2H3,(H,43,44,45)/b12-10-,13-11-.